The fourth-order valence-corrected chi connectivity index (χ4v) is 1.89. The van der Waals surface area contributed by atoms with Crippen molar-refractivity contribution in [1.82, 2.24) is 15.0 Å². The summed E-state index contributed by atoms with van der Waals surface area (Å²) in [7, 11) is 0. The summed E-state index contributed by atoms with van der Waals surface area (Å²) in [4.78, 5) is 21.8. The Bertz CT molecular complexity index is 702. The number of aliphatic hydroxyl groups excluding tert-OH is 5. The number of rotatable bonds is 8. The SMILES string of the molecule is Cc1ccc(CNc2ncncn2)cc1.O=C(O)C(O)C(O)C(O)C(O)CO. The molecule has 4 atom stereocenters. The number of carboxylic acid groups (broad SMARTS) is 1. The summed E-state index contributed by atoms with van der Waals surface area (Å²) in [6.45, 7) is 1.96. The Labute approximate surface area is 161 Å². The second kappa shape index (κ2) is 11.9. The summed E-state index contributed by atoms with van der Waals surface area (Å²) in [5, 5.41) is 54.9. The van der Waals surface area contributed by atoms with Gasteiger partial charge in [-0.3, -0.25) is 0 Å². The Hall–Kier alpha value is -2.70. The minimum absolute atomic E-state index is 0.602. The van der Waals surface area contributed by atoms with Crippen LogP contribution in [0.15, 0.2) is 36.9 Å². The second-order valence-electron chi connectivity index (χ2n) is 5.82. The maximum absolute atomic E-state index is 10.1. The summed E-state index contributed by atoms with van der Waals surface area (Å²) in [6.07, 6.45) is -4.88. The van der Waals surface area contributed by atoms with E-state index in [-0.39, 0.29) is 0 Å². The van der Waals surface area contributed by atoms with Crippen LogP contribution in [0.3, 0.4) is 0 Å². The third kappa shape index (κ3) is 7.90. The molecule has 0 saturated heterocycles. The van der Waals surface area contributed by atoms with E-state index in [0.29, 0.717) is 5.95 Å². The van der Waals surface area contributed by atoms with Crippen LogP contribution in [0.4, 0.5) is 5.95 Å². The Morgan fingerprint density at radius 3 is 2.11 bits per heavy atom. The first-order valence-corrected chi connectivity index (χ1v) is 8.23. The second-order valence-corrected chi connectivity index (χ2v) is 5.82. The van der Waals surface area contributed by atoms with Gasteiger partial charge in [0.15, 0.2) is 6.10 Å². The molecule has 2 rings (SSSR count). The number of nitrogens with zero attached hydrogens (tertiary/aromatic N) is 3. The summed E-state index contributed by atoms with van der Waals surface area (Å²) >= 11 is 0. The molecule has 4 unspecified atom stereocenters. The van der Waals surface area contributed by atoms with Gasteiger partial charge in [0, 0.05) is 6.54 Å². The molecule has 1 aromatic heterocycles. The van der Waals surface area contributed by atoms with E-state index in [0.717, 1.165) is 6.54 Å². The summed E-state index contributed by atoms with van der Waals surface area (Å²) < 4.78 is 0. The molecule has 0 aliphatic rings. The molecule has 0 fully saturated rings. The van der Waals surface area contributed by atoms with Crippen molar-refractivity contribution < 1.29 is 35.4 Å². The van der Waals surface area contributed by atoms with Crippen molar-refractivity contribution in [2.75, 3.05) is 11.9 Å². The number of benzene rings is 1. The van der Waals surface area contributed by atoms with E-state index in [1.165, 1.54) is 23.8 Å². The van der Waals surface area contributed by atoms with Gasteiger partial charge in [-0.1, -0.05) is 29.8 Å². The minimum atomic E-state index is -2.20. The highest BCUT2D eigenvalue weighted by molar-refractivity contribution is 5.72. The molecule has 0 spiro atoms. The quantitative estimate of drug-likeness (QED) is 0.269. The van der Waals surface area contributed by atoms with Crippen LogP contribution in [0.2, 0.25) is 0 Å². The first-order chi connectivity index (χ1) is 13.3. The third-order valence-electron chi connectivity index (χ3n) is 3.57. The molecule has 0 saturated carbocycles. The van der Waals surface area contributed by atoms with Crippen LogP contribution in [-0.4, -0.2) is 82.6 Å². The van der Waals surface area contributed by atoms with Gasteiger partial charge in [0.2, 0.25) is 5.95 Å². The normalized spacial score (nSPS) is 14.8. The molecule has 0 aliphatic carbocycles. The number of aliphatic hydroxyl groups is 5. The van der Waals surface area contributed by atoms with E-state index in [1.54, 1.807) is 0 Å². The number of anilines is 1. The number of hydrogen-bond acceptors (Lipinski definition) is 10. The van der Waals surface area contributed by atoms with Crippen molar-refractivity contribution in [3.63, 3.8) is 0 Å². The Morgan fingerprint density at radius 1 is 1.04 bits per heavy atom. The topological polar surface area (TPSA) is 189 Å². The van der Waals surface area contributed by atoms with Gasteiger partial charge < -0.3 is 36.0 Å². The first-order valence-electron chi connectivity index (χ1n) is 8.23. The molecule has 28 heavy (non-hydrogen) atoms. The van der Waals surface area contributed by atoms with Crippen LogP contribution in [-0.2, 0) is 11.3 Å². The van der Waals surface area contributed by atoms with E-state index in [2.05, 4.69) is 51.5 Å². The van der Waals surface area contributed by atoms with Crippen LogP contribution < -0.4 is 5.32 Å². The molecular weight excluding hydrogens is 372 g/mol. The Kier molecular flexibility index (Phi) is 9.92. The zero-order chi connectivity index (χ0) is 21.1. The van der Waals surface area contributed by atoms with Gasteiger partial charge in [-0.25, -0.2) is 19.7 Å². The van der Waals surface area contributed by atoms with E-state index in [9.17, 15) is 4.79 Å². The summed E-state index contributed by atoms with van der Waals surface area (Å²) in [5.74, 6) is -1.12. The van der Waals surface area contributed by atoms with Crippen LogP contribution >= 0.6 is 0 Å². The van der Waals surface area contributed by atoms with Crippen molar-refractivity contribution in [3.05, 3.63) is 48.0 Å². The number of aryl methyl sites for hydroxylation is 1. The van der Waals surface area contributed by atoms with E-state index >= 15 is 0 Å². The smallest absolute Gasteiger partial charge is 0.335 e. The van der Waals surface area contributed by atoms with Gasteiger partial charge in [0.1, 0.15) is 31.0 Å². The average molecular weight is 396 g/mol. The molecule has 11 nitrogen and oxygen atoms in total. The van der Waals surface area contributed by atoms with Gasteiger partial charge in [-0.2, -0.15) is 0 Å². The van der Waals surface area contributed by atoms with Crippen molar-refractivity contribution in [1.29, 1.82) is 0 Å². The Balaban J connectivity index is 0.000000284. The molecule has 154 valence electrons. The van der Waals surface area contributed by atoms with Gasteiger partial charge in [0.25, 0.3) is 0 Å². The average Bonchev–Trinajstić information content (AvgIpc) is 2.72. The van der Waals surface area contributed by atoms with Crippen LogP contribution in [0.5, 0.6) is 0 Å². The zero-order valence-electron chi connectivity index (χ0n) is 15.1. The third-order valence-corrected chi connectivity index (χ3v) is 3.57. The maximum Gasteiger partial charge on any atom is 0.335 e. The molecule has 7 N–H and O–H groups in total. The van der Waals surface area contributed by atoms with Gasteiger partial charge in [-0.05, 0) is 12.5 Å². The molecule has 0 radical (unpaired) electrons. The molecule has 0 aliphatic heterocycles. The van der Waals surface area contributed by atoms with Crippen molar-refractivity contribution in [2.24, 2.45) is 0 Å². The fraction of sp³-hybridized carbons (Fsp3) is 0.412. The molecule has 2 aromatic rings. The molecule has 1 aromatic carbocycles. The first kappa shape index (κ1) is 23.3. The fourth-order valence-electron chi connectivity index (χ4n) is 1.89. The lowest BCUT2D eigenvalue weighted by Crippen LogP contribution is -2.48. The number of carboxylic acids is 1. The number of aromatic nitrogens is 3. The largest absolute Gasteiger partial charge is 0.479 e. The summed E-state index contributed by atoms with van der Waals surface area (Å²) in [5.41, 5.74) is 2.47. The lowest BCUT2D eigenvalue weighted by atomic mass is 10.0. The molecular formula is C17H24N4O7. The lowest BCUT2D eigenvalue weighted by Gasteiger charge is -2.23. The minimum Gasteiger partial charge on any atom is -0.479 e. The van der Waals surface area contributed by atoms with Crippen LogP contribution in [0.25, 0.3) is 0 Å². The number of hydrogen-bond donors (Lipinski definition) is 7. The predicted octanol–water partition coefficient (Wildman–Crippen LogP) is -1.70. The highest BCUT2D eigenvalue weighted by Crippen LogP contribution is 2.05. The lowest BCUT2D eigenvalue weighted by molar-refractivity contribution is -0.164. The molecule has 1 heterocycles. The molecule has 11 heteroatoms. The van der Waals surface area contributed by atoms with Gasteiger partial charge in [0.05, 0.1) is 6.61 Å². The number of nitrogens with one attached hydrogen (secondary N) is 1. The monoisotopic (exact) mass is 396 g/mol. The van der Waals surface area contributed by atoms with E-state index < -0.39 is 37.0 Å². The standard InChI is InChI=1S/C11H12N4.C6H12O7/c1-9-2-4-10(5-3-9)6-13-11-14-7-12-8-15-11;7-1-2(8)3(9)4(10)5(11)6(12)13/h2-5,7-8H,6H2,1H3,(H,12,13,14,15);2-5,7-11H,1H2,(H,12,13). The van der Waals surface area contributed by atoms with E-state index in [4.69, 9.17) is 30.6 Å². The highest BCUT2D eigenvalue weighted by atomic mass is 16.4. The van der Waals surface area contributed by atoms with Gasteiger partial charge >= 0.3 is 5.97 Å². The van der Waals surface area contributed by atoms with Crippen LogP contribution in [0, 0.1) is 6.92 Å². The Morgan fingerprint density at radius 2 is 1.61 bits per heavy atom. The van der Waals surface area contributed by atoms with Crippen molar-refractivity contribution in [2.45, 2.75) is 37.9 Å². The van der Waals surface area contributed by atoms with Gasteiger partial charge in [-0.15, -0.1) is 0 Å². The highest BCUT2D eigenvalue weighted by Gasteiger charge is 2.33. The molecule has 0 bridgehead atoms. The zero-order valence-corrected chi connectivity index (χ0v) is 15.1. The predicted molar refractivity (Wildman–Crippen MR) is 97.1 cm³/mol. The van der Waals surface area contributed by atoms with E-state index in [1.807, 2.05) is 0 Å². The number of aliphatic carboxylic acids is 1. The van der Waals surface area contributed by atoms with Crippen LogP contribution in [0.1, 0.15) is 11.1 Å². The summed E-state index contributed by atoms with van der Waals surface area (Å²) in [6, 6.07) is 8.35. The molecule has 0 amide bonds. The number of carbonyl (C=O) groups is 1. The maximum atomic E-state index is 10.1. The van der Waals surface area contributed by atoms with Crippen molar-refractivity contribution in [3.8, 4) is 0 Å². The van der Waals surface area contributed by atoms with Crippen molar-refractivity contribution >= 4 is 11.9 Å².